The van der Waals surface area contributed by atoms with Gasteiger partial charge >= 0.3 is 0 Å². The van der Waals surface area contributed by atoms with Gasteiger partial charge in [-0.25, -0.2) is 23.7 Å². The van der Waals surface area contributed by atoms with Gasteiger partial charge in [0.15, 0.2) is 0 Å². The van der Waals surface area contributed by atoms with E-state index >= 15 is 0 Å². The molecule has 0 spiro atoms. The number of hydrogen-bond acceptors (Lipinski definition) is 7. The van der Waals surface area contributed by atoms with Gasteiger partial charge in [-0.3, -0.25) is 0 Å². The number of nitrogens with one attached hydrogen (secondary N) is 3. The third-order valence-corrected chi connectivity index (χ3v) is 6.42. The number of rotatable bonds is 7. The number of halogens is 2. The summed E-state index contributed by atoms with van der Waals surface area (Å²) >= 11 is 0. The predicted octanol–water partition coefficient (Wildman–Crippen LogP) is 4.79. The number of anilines is 1. The summed E-state index contributed by atoms with van der Waals surface area (Å²) in [7, 11) is 0. The van der Waals surface area contributed by atoms with Gasteiger partial charge < -0.3 is 20.1 Å². The van der Waals surface area contributed by atoms with E-state index in [4.69, 9.17) is 14.5 Å². The second-order valence-corrected chi connectivity index (χ2v) is 8.81. The molecule has 2 atom stereocenters. The first-order chi connectivity index (χ1) is 16.4. The number of fused-ring (bicyclic) bond motifs is 1. The SMILES string of the molecule is Cc1cnc(N[C@H]2CCC[C@@H]2NCC(F)F)nc1-c1c[nH]c2nc(-c3c(C)noc3C)ccc12. The van der Waals surface area contributed by atoms with Crippen molar-refractivity contribution in [2.45, 2.75) is 58.5 Å². The van der Waals surface area contributed by atoms with E-state index in [-0.39, 0.29) is 18.6 Å². The maximum absolute atomic E-state index is 12.6. The van der Waals surface area contributed by atoms with Gasteiger partial charge in [-0.2, -0.15) is 0 Å². The molecule has 34 heavy (non-hydrogen) atoms. The Balaban J connectivity index is 1.43. The lowest BCUT2D eigenvalue weighted by Crippen LogP contribution is -2.42. The summed E-state index contributed by atoms with van der Waals surface area (Å²) in [5, 5.41) is 11.3. The lowest BCUT2D eigenvalue weighted by Gasteiger charge is -2.22. The second kappa shape index (κ2) is 9.09. The molecule has 1 aliphatic rings. The van der Waals surface area contributed by atoms with Crippen molar-refractivity contribution >= 4 is 17.0 Å². The fraction of sp³-hybridized carbons (Fsp3) is 0.417. The van der Waals surface area contributed by atoms with E-state index in [0.717, 1.165) is 69.8 Å². The van der Waals surface area contributed by atoms with Crippen LogP contribution in [0.2, 0.25) is 0 Å². The van der Waals surface area contributed by atoms with Crippen molar-refractivity contribution < 1.29 is 13.3 Å². The molecule has 1 fully saturated rings. The summed E-state index contributed by atoms with van der Waals surface area (Å²) < 4.78 is 30.6. The topological polar surface area (TPSA) is 105 Å². The zero-order valence-corrected chi connectivity index (χ0v) is 19.3. The summed E-state index contributed by atoms with van der Waals surface area (Å²) in [6, 6.07) is 3.96. The van der Waals surface area contributed by atoms with Crippen LogP contribution in [0.25, 0.3) is 33.5 Å². The summed E-state index contributed by atoms with van der Waals surface area (Å²) in [5.74, 6) is 1.22. The van der Waals surface area contributed by atoms with Gasteiger partial charge in [-0.05, 0) is 57.7 Å². The van der Waals surface area contributed by atoms with Crippen molar-refractivity contribution in [1.29, 1.82) is 0 Å². The van der Waals surface area contributed by atoms with Crippen molar-refractivity contribution in [2.75, 3.05) is 11.9 Å². The number of pyridine rings is 1. The number of hydrogen-bond donors (Lipinski definition) is 3. The number of aromatic nitrogens is 5. The van der Waals surface area contributed by atoms with E-state index in [1.54, 1.807) is 6.20 Å². The Labute approximate surface area is 195 Å². The first-order valence-electron chi connectivity index (χ1n) is 11.4. The van der Waals surface area contributed by atoms with Crippen LogP contribution in [0.15, 0.2) is 29.0 Å². The van der Waals surface area contributed by atoms with E-state index in [2.05, 4.69) is 25.8 Å². The largest absolute Gasteiger partial charge is 0.361 e. The van der Waals surface area contributed by atoms with Gasteiger partial charge in [-0.15, -0.1) is 0 Å². The maximum atomic E-state index is 12.6. The third kappa shape index (κ3) is 4.25. The molecular weight excluding hydrogens is 440 g/mol. The Bertz CT molecular complexity index is 1300. The van der Waals surface area contributed by atoms with Crippen molar-refractivity contribution in [3.63, 3.8) is 0 Å². The molecule has 178 valence electrons. The fourth-order valence-corrected chi connectivity index (χ4v) is 4.76. The lowest BCUT2D eigenvalue weighted by molar-refractivity contribution is 0.141. The molecule has 0 amide bonds. The molecular formula is C24H27F2N7O. The number of alkyl halides is 2. The van der Waals surface area contributed by atoms with Crippen LogP contribution in [0, 0.1) is 20.8 Å². The van der Waals surface area contributed by atoms with Gasteiger partial charge in [-0.1, -0.05) is 5.16 Å². The molecule has 0 saturated heterocycles. The van der Waals surface area contributed by atoms with E-state index in [1.165, 1.54) is 0 Å². The van der Waals surface area contributed by atoms with Crippen LogP contribution in [0.4, 0.5) is 14.7 Å². The van der Waals surface area contributed by atoms with Crippen LogP contribution in [0.3, 0.4) is 0 Å². The lowest BCUT2D eigenvalue weighted by atomic mass is 10.1. The van der Waals surface area contributed by atoms with Crippen LogP contribution in [0.1, 0.15) is 36.3 Å². The fourth-order valence-electron chi connectivity index (χ4n) is 4.76. The molecule has 8 nitrogen and oxygen atoms in total. The summed E-state index contributed by atoms with van der Waals surface area (Å²) in [5.41, 5.74) is 5.89. The Hall–Kier alpha value is -3.40. The maximum Gasteiger partial charge on any atom is 0.250 e. The molecule has 0 bridgehead atoms. The number of aryl methyl sites for hydroxylation is 3. The van der Waals surface area contributed by atoms with Gasteiger partial charge in [0.25, 0.3) is 6.43 Å². The van der Waals surface area contributed by atoms with Crippen LogP contribution in [-0.2, 0) is 0 Å². The molecule has 0 radical (unpaired) electrons. The highest BCUT2D eigenvalue weighted by molar-refractivity contribution is 5.94. The highest BCUT2D eigenvalue weighted by Gasteiger charge is 2.28. The van der Waals surface area contributed by atoms with E-state index in [0.29, 0.717) is 5.95 Å². The summed E-state index contributed by atoms with van der Waals surface area (Å²) in [6.45, 7) is 5.43. The van der Waals surface area contributed by atoms with Gasteiger partial charge in [0, 0.05) is 35.4 Å². The highest BCUT2D eigenvalue weighted by Crippen LogP contribution is 2.33. The van der Waals surface area contributed by atoms with Crippen LogP contribution >= 0.6 is 0 Å². The molecule has 1 saturated carbocycles. The number of aromatic amines is 1. The second-order valence-electron chi connectivity index (χ2n) is 8.81. The Morgan fingerprint density at radius 1 is 1.15 bits per heavy atom. The van der Waals surface area contributed by atoms with E-state index < -0.39 is 6.43 Å². The van der Waals surface area contributed by atoms with Gasteiger partial charge in [0.05, 0.1) is 29.2 Å². The Kier molecular flexibility index (Phi) is 5.99. The monoisotopic (exact) mass is 467 g/mol. The Morgan fingerprint density at radius 3 is 2.74 bits per heavy atom. The molecule has 3 N–H and O–H groups in total. The standard InChI is InChI=1S/C24H27F2N7O/c1-12-9-29-24(31-18-6-4-5-17(18)27-11-20(25)26)32-22(12)16-10-28-23-15(16)7-8-19(30-23)21-13(2)33-34-14(21)3/h7-10,17-18,20,27H,4-6,11H2,1-3H3,(H,28,30)(H,29,31,32)/t17-,18-/m0/s1. The van der Waals surface area contributed by atoms with E-state index in [1.807, 2.05) is 39.1 Å². The van der Waals surface area contributed by atoms with Gasteiger partial charge in [0.2, 0.25) is 5.95 Å². The first-order valence-corrected chi connectivity index (χ1v) is 11.4. The molecule has 10 heteroatoms. The number of H-pyrrole nitrogens is 1. The van der Waals surface area contributed by atoms with Crippen molar-refractivity contribution in [3.05, 3.63) is 41.5 Å². The number of nitrogens with zero attached hydrogens (tertiary/aromatic N) is 4. The van der Waals surface area contributed by atoms with Crippen molar-refractivity contribution in [2.24, 2.45) is 0 Å². The quantitative estimate of drug-likeness (QED) is 0.359. The minimum absolute atomic E-state index is 0.0107. The third-order valence-electron chi connectivity index (χ3n) is 6.42. The minimum atomic E-state index is -2.36. The normalized spacial score (nSPS) is 18.3. The first kappa shape index (κ1) is 22.4. The van der Waals surface area contributed by atoms with Crippen LogP contribution in [0.5, 0.6) is 0 Å². The zero-order chi connectivity index (χ0) is 23.8. The minimum Gasteiger partial charge on any atom is -0.361 e. The zero-order valence-electron chi connectivity index (χ0n) is 19.3. The molecule has 5 rings (SSSR count). The van der Waals surface area contributed by atoms with Gasteiger partial charge in [0.1, 0.15) is 11.4 Å². The molecule has 4 aromatic heterocycles. The molecule has 0 unspecified atom stereocenters. The van der Waals surface area contributed by atoms with Crippen molar-refractivity contribution in [1.82, 2.24) is 30.4 Å². The molecule has 4 aromatic rings. The van der Waals surface area contributed by atoms with E-state index in [9.17, 15) is 8.78 Å². The van der Waals surface area contributed by atoms with Crippen LogP contribution < -0.4 is 10.6 Å². The highest BCUT2D eigenvalue weighted by atomic mass is 19.3. The van der Waals surface area contributed by atoms with Crippen molar-refractivity contribution in [3.8, 4) is 22.5 Å². The average molecular weight is 468 g/mol. The predicted molar refractivity (Wildman–Crippen MR) is 126 cm³/mol. The molecule has 1 aliphatic carbocycles. The summed E-state index contributed by atoms with van der Waals surface area (Å²) in [6.07, 6.45) is 4.03. The summed E-state index contributed by atoms with van der Waals surface area (Å²) in [4.78, 5) is 17.3. The van der Waals surface area contributed by atoms with Crippen LogP contribution in [-0.4, -0.2) is 50.1 Å². The molecule has 0 aliphatic heterocycles. The molecule has 4 heterocycles. The Morgan fingerprint density at radius 2 is 1.97 bits per heavy atom. The molecule has 0 aromatic carbocycles. The smallest absolute Gasteiger partial charge is 0.250 e. The average Bonchev–Trinajstić information content (AvgIpc) is 3.52.